The Bertz CT molecular complexity index is 1100. The number of nitrogens with zero attached hydrogens (tertiary/aromatic N) is 1. The quantitative estimate of drug-likeness (QED) is 0.629. The maximum atomic E-state index is 12.4. The predicted octanol–water partition coefficient (Wildman–Crippen LogP) is 2.50. The molecular formula is C18H16N2O7S2. The topological polar surface area (TPSA) is 148 Å². The maximum Gasteiger partial charge on any atom is 0.303 e. The number of furan rings is 1. The van der Waals surface area contributed by atoms with Crippen LogP contribution in [0.4, 0.5) is 4.79 Å². The molecule has 0 unspecified atom stereocenters. The molecule has 1 aromatic carbocycles. The molecule has 2 amide bonds. The predicted molar refractivity (Wildman–Crippen MR) is 105 cm³/mol. The molecule has 1 aliphatic rings. The van der Waals surface area contributed by atoms with E-state index in [4.69, 9.17) is 14.7 Å². The van der Waals surface area contributed by atoms with Gasteiger partial charge in [-0.25, -0.2) is 13.6 Å². The number of carboxylic acids is 1. The van der Waals surface area contributed by atoms with E-state index in [-0.39, 0.29) is 29.2 Å². The second kappa shape index (κ2) is 8.23. The summed E-state index contributed by atoms with van der Waals surface area (Å²) in [4.78, 5) is 36.1. The highest BCUT2D eigenvalue weighted by Gasteiger charge is 2.34. The van der Waals surface area contributed by atoms with E-state index in [1.165, 1.54) is 18.2 Å². The fraction of sp³-hybridized carbons (Fsp3) is 0.167. The van der Waals surface area contributed by atoms with Crippen LogP contribution in [0.3, 0.4) is 0 Å². The van der Waals surface area contributed by atoms with Gasteiger partial charge in [-0.2, -0.15) is 0 Å². The highest BCUT2D eigenvalue weighted by atomic mass is 32.2. The zero-order valence-electron chi connectivity index (χ0n) is 14.9. The summed E-state index contributed by atoms with van der Waals surface area (Å²) < 4.78 is 28.3. The summed E-state index contributed by atoms with van der Waals surface area (Å²) in [7, 11) is -3.79. The van der Waals surface area contributed by atoms with Crippen molar-refractivity contribution in [1.82, 2.24) is 4.90 Å². The molecule has 2 heterocycles. The summed E-state index contributed by atoms with van der Waals surface area (Å²) in [5.74, 6) is -0.710. The van der Waals surface area contributed by atoms with Gasteiger partial charge in [-0.15, -0.1) is 0 Å². The molecule has 2 aromatic rings. The molecular weight excluding hydrogens is 420 g/mol. The molecule has 0 radical (unpaired) electrons. The minimum absolute atomic E-state index is 0.0235. The molecule has 1 aliphatic heterocycles. The fourth-order valence-corrected chi connectivity index (χ4v) is 3.97. The largest absolute Gasteiger partial charge is 0.481 e. The first kappa shape index (κ1) is 20.8. The third kappa shape index (κ3) is 4.94. The number of primary sulfonamides is 1. The third-order valence-electron chi connectivity index (χ3n) is 4.01. The van der Waals surface area contributed by atoms with E-state index in [9.17, 15) is 22.8 Å². The van der Waals surface area contributed by atoms with Crippen LogP contribution in [-0.4, -0.2) is 42.1 Å². The minimum Gasteiger partial charge on any atom is -0.481 e. The number of carbonyl (C=O) groups excluding carboxylic acids is 2. The summed E-state index contributed by atoms with van der Waals surface area (Å²) in [6.07, 6.45) is 1.48. The van der Waals surface area contributed by atoms with Gasteiger partial charge in [-0.05, 0) is 54.6 Å². The average Bonchev–Trinajstić information content (AvgIpc) is 3.21. The molecule has 11 heteroatoms. The van der Waals surface area contributed by atoms with E-state index in [2.05, 4.69) is 0 Å². The van der Waals surface area contributed by atoms with Crippen molar-refractivity contribution in [2.24, 2.45) is 5.14 Å². The number of thioether (sulfide) groups is 1. The van der Waals surface area contributed by atoms with Crippen LogP contribution in [0, 0.1) is 0 Å². The van der Waals surface area contributed by atoms with Gasteiger partial charge in [0.05, 0.1) is 9.80 Å². The van der Waals surface area contributed by atoms with Crippen LogP contribution >= 0.6 is 11.8 Å². The Labute approximate surface area is 170 Å². The lowest BCUT2D eigenvalue weighted by molar-refractivity contribution is -0.137. The summed E-state index contributed by atoms with van der Waals surface area (Å²) in [6.45, 7) is 0.0358. The third-order valence-corrected chi connectivity index (χ3v) is 5.85. The molecule has 1 fully saturated rings. The summed E-state index contributed by atoms with van der Waals surface area (Å²) in [5.41, 5.74) is 0.610. The van der Waals surface area contributed by atoms with Crippen LogP contribution in [0.25, 0.3) is 17.4 Å². The normalized spacial score (nSPS) is 16.0. The van der Waals surface area contributed by atoms with Crippen LogP contribution < -0.4 is 5.14 Å². The van der Waals surface area contributed by atoms with Crippen LogP contribution in [0.5, 0.6) is 0 Å². The van der Waals surface area contributed by atoms with Crippen molar-refractivity contribution < 1.29 is 32.3 Å². The zero-order valence-corrected chi connectivity index (χ0v) is 16.5. The maximum absolute atomic E-state index is 12.4. The van der Waals surface area contributed by atoms with E-state index in [1.807, 2.05) is 0 Å². The van der Waals surface area contributed by atoms with Crippen LogP contribution in [0.2, 0.25) is 0 Å². The van der Waals surface area contributed by atoms with Gasteiger partial charge < -0.3 is 9.52 Å². The Morgan fingerprint density at radius 3 is 2.48 bits per heavy atom. The molecule has 3 rings (SSSR count). The number of amides is 2. The van der Waals surface area contributed by atoms with Gasteiger partial charge in [0.1, 0.15) is 11.5 Å². The fourth-order valence-electron chi connectivity index (χ4n) is 2.60. The van der Waals surface area contributed by atoms with Crippen molar-refractivity contribution in [2.45, 2.75) is 17.7 Å². The van der Waals surface area contributed by atoms with E-state index < -0.39 is 27.1 Å². The first-order chi connectivity index (χ1) is 13.6. The Kier molecular flexibility index (Phi) is 5.91. The standard InChI is InChI=1S/C18H16N2O7S2/c19-29(25,26)13-6-3-11(4-7-13)14-8-5-12(27-14)10-15-17(23)20(18(24)28-15)9-1-2-16(21)22/h3-8,10H,1-2,9H2,(H,21,22)(H2,19,25,26)/b15-10+. The second-order valence-electron chi connectivity index (χ2n) is 6.10. The molecule has 3 N–H and O–H groups in total. The van der Waals surface area contributed by atoms with Gasteiger partial charge in [0.15, 0.2) is 0 Å². The molecule has 9 nitrogen and oxygen atoms in total. The lowest BCUT2D eigenvalue weighted by atomic mass is 10.2. The number of carbonyl (C=O) groups is 3. The number of carboxylic acid groups (broad SMARTS) is 1. The van der Waals surface area contributed by atoms with Crippen molar-refractivity contribution in [3.05, 3.63) is 47.1 Å². The Morgan fingerprint density at radius 1 is 1.17 bits per heavy atom. The molecule has 0 aliphatic carbocycles. The van der Waals surface area contributed by atoms with Crippen LogP contribution in [-0.2, 0) is 19.6 Å². The monoisotopic (exact) mass is 436 g/mol. The van der Waals surface area contributed by atoms with Crippen molar-refractivity contribution >= 4 is 45.0 Å². The molecule has 0 saturated carbocycles. The molecule has 0 spiro atoms. The Morgan fingerprint density at radius 2 is 1.86 bits per heavy atom. The van der Waals surface area contributed by atoms with Gasteiger partial charge in [0.2, 0.25) is 10.0 Å². The molecule has 0 bridgehead atoms. The van der Waals surface area contributed by atoms with Crippen LogP contribution in [0.15, 0.2) is 50.6 Å². The highest BCUT2D eigenvalue weighted by Crippen LogP contribution is 2.33. The lowest BCUT2D eigenvalue weighted by Gasteiger charge is -2.10. The SMILES string of the molecule is NS(=O)(=O)c1ccc(-c2ccc(/C=C3/SC(=O)N(CCCC(=O)O)C3=O)o2)cc1. The van der Waals surface area contributed by atoms with Crippen molar-refractivity contribution in [3.8, 4) is 11.3 Å². The average molecular weight is 436 g/mol. The first-order valence-corrected chi connectivity index (χ1v) is 10.7. The van der Waals surface area contributed by atoms with Gasteiger partial charge >= 0.3 is 5.97 Å². The van der Waals surface area contributed by atoms with Gasteiger partial charge in [-0.1, -0.05) is 0 Å². The van der Waals surface area contributed by atoms with E-state index in [0.29, 0.717) is 17.1 Å². The highest BCUT2D eigenvalue weighted by molar-refractivity contribution is 8.18. The number of rotatable bonds is 7. The zero-order chi connectivity index (χ0) is 21.2. The van der Waals surface area contributed by atoms with Crippen molar-refractivity contribution in [1.29, 1.82) is 0 Å². The minimum atomic E-state index is -3.79. The number of sulfonamides is 1. The Hall–Kier alpha value is -2.89. The van der Waals surface area contributed by atoms with Crippen molar-refractivity contribution in [2.75, 3.05) is 6.54 Å². The summed E-state index contributed by atoms with van der Waals surface area (Å²) in [5, 5.41) is 13.3. The van der Waals surface area contributed by atoms with E-state index >= 15 is 0 Å². The van der Waals surface area contributed by atoms with Crippen LogP contribution in [0.1, 0.15) is 18.6 Å². The number of nitrogens with two attached hydrogens (primary N) is 1. The molecule has 1 saturated heterocycles. The molecule has 0 atom stereocenters. The number of hydrogen-bond acceptors (Lipinski definition) is 7. The molecule has 1 aromatic heterocycles. The number of hydrogen-bond donors (Lipinski definition) is 2. The van der Waals surface area contributed by atoms with Crippen molar-refractivity contribution in [3.63, 3.8) is 0 Å². The number of aliphatic carboxylic acids is 1. The van der Waals surface area contributed by atoms with E-state index in [1.54, 1.807) is 24.3 Å². The van der Waals surface area contributed by atoms with Gasteiger partial charge in [0, 0.05) is 24.6 Å². The van der Waals surface area contributed by atoms with Gasteiger partial charge in [-0.3, -0.25) is 19.3 Å². The molecule has 29 heavy (non-hydrogen) atoms. The first-order valence-electron chi connectivity index (χ1n) is 8.35. The second-order valence-corrected chi connectivity index (χ2v) is 8.66. The lowest BCUT2D eigenvalue weighted by Crippen LogP contribution is -2.29. The summed E-state index contributed by atoms with van der Waals surface area (Å²) >= 11 is 0.756. The number of benzene rings is 1. The molecule has 152 valence electrons. The van der Waals surface area contributed by atoms with Gasteiger partial charge in [0.25, 0.3) is 11.1 Å². The Balaban J connectivity index is 1.74. The van der Waals surface area contributed by atoms with E-state index in [0.717, 1.165) is 16.7 Å². The smallest absolute Gasteiger partial charge is 0.303 e. The number of imide groups is 1. The summed E-state index contributed by atoms with van der Waals surface area (Å²) in [6, 6.07) is 9.05.